The van der Waals surface area contributed by atoms with Gasteiger partial charge >= 0.3 is 18.1 Å². The maximum atomic E-state index is 13.3. The number of ether oxygens (including phenoxy) is 3. The van der Waals surface area contributed by atoms with Crippen LogP contribution in [-0.2, 0) is 28.6 Å². The summed E-state index contributed by atoms with van der Waals surface area (Å²) in [5, 5.41) is 11.7. The second-order valence-corrected chi connectivity index (χ2v) is 11.3. The first-order valence-electron chi connectivity index (χ1n) is 12.9. The van der Waals surface area contributed by atoms with Crippen LogP contribution >= 0.6 is 0 Å². The van der Waals surface area contributed by atoms with Crippen LogP contribution in [0, 0.1) is 28.6 Å². The van der Waals surface area contributed by atoms with Crippen LogP contribution in [0.4, 0.5) is 13.2 Å². The van der Waals surface area contributed by atoms with E-state index in [0.29, 0.717) is 32.3 Å². The first kappa shape index (κ1) is 27.7. The second kappa shape index (κ2) is 9.43. The van der Waals surface area contributed by atoms with Gasteiger partial charge in [-0.05, 0) is 67.9 Å². The molecule has 4 aliphatic carbocycles. The van der Waals surface area contributed by atoms with Crippen molar-refractivity contribution in [3.05, 3.63) is 23.5 Å². The van der Waals surface area contributed by atoms with Gasteiger partial charge in [0, 0.05) is 24.7 Å². The van der Waals surface area contributed by atoms with Crippen LogP contribution < -0.4 is 0 Å². The molecule has 0 bridgehead atoms. The zero-order valence-corrected chi connectivity index (χ0v) is 21.7. The van der Waals surface area contributed by atoms with Crippen molar-refractivity contribution < 1.29 is 46.9 Å². The highest BCUT2D eigenvalue weighted by molar-refractivity contribution is 5.91. The van der Waals surface area contributed by atoms with Crippen molar-refractivity contribution in [3.63, 3.8) is 0 Å². The van der Waals surface area contributed by atoms with Crippen LogP contribution in [0.25, 0.3) is 0 Å². The highest BCUT2D eigenvalue weighted by Gasteiger charge is 2.69. The van der Waals surface area contributed by atoms with Crippen LogP contribution in [-0.4, -0.2) is 53.9 Å². The summed E-state index contributed by atoms with van der Waals surface area (Å²) < 4.78 is 55.8. The Bertz CT molecular complexity index is 1030. The molecular weight excluding hydrogens is 493 g/mol. The van der Waals surface area contributed by atoms with E-state index in [0.717, 1.165) is 18.3 Å². The summed E-state index contributed by atoms with van der Waals surface area (Å²) in [5.74, 6) is -3.65. The molecule has 1 N–H and O–H groups in total. The van der Waals surface area contributed by atoms with Gasteiger partial charge in [0.1, 0.15) is 11.7 Å². The smallest absolute Gasteiger partial charge is 0.490 e. The lowest BCUT2D eigenvalue weighted by molar-refractivity contribution is -0.225. The molecule has 2 saturated carbocycles. The third kappa shape index (κ3) is 4.49. The summed E-state index contributed by atoms with van der Waals surface area (Å²) in [7, 11) is 0. The number of aliphatic hydroxyl groups is 1. The molecule has 7 nitrogen and oxygen atoms in total. The molecule has 2 fully saturated rings. The molecule has 0 radical (unpaired) electrons. The lowest BCUT2D eigenvalue weighted by atomic mass is 9.46. The van der Waals surface area contributed by atoms with E-state index in [9.17, 15) is 32.7 Å². The summed E-state index contributed by atoms with van der Waals surface area (Å²) in [6.07, 6.45) is -0.0941. The van der Waals surface area contributed by atoms with Crippen molar-refractivity contribution in [2.45, 2.75) is 84.1 Å². The topological polar surface area (TPSA) is 99.1 Å². The first-order chi connectivity index (χ1) is 17.2. The minimum Gasteiger partial charge on any atom is -0.498 e. The van der Waals surface area contributed by atoms with Gasteiger partial charge in [-0.25, -0.2) is 4.79 Å². The van der Waals surface area contributed by atoms with Crippen LogP contribution in [0.3, 0.4) is 0 Å². The van der Waals surface area contributed by atoms with Crippen LogP contribution in [0.15, 0.2) is 23.5 Å². The van der Waals surface area contributed by atoms with Crippen molar-refractivity contribution in [1.29, 1.82) is 0 Å². The highest BCUT2D eigenvalue weighted by Crippen LogP contribution is 2.67. The Kier molecular flexibility index (Phi) is 7.05. The molecule has 0 aliphatic heterocycles. The fourth-order valence-electron chi connectivity index (χ4n) is 7.76. The number of allylic oxidation sites excluding steroid dienone is 4. The first-order valence-corrected chi connectivity index (χ1v) is 12.9. The summed E-state index contributed by atoms with van der Waals surface area (Å²) in [6, 6.07) is 0. The van der Waals surface area contributed by atoms with E-state index in [1.165, 1.54) is 0 Å². The quantitative estimate of drug-likeness (QED) is 0.510. The summed E-state index contributed by atoms with van der Waals surface area (Å²) in [4.78, 5) is 36.5. The minimum atomic E-state index is -5.17. The third-order valence-electron chi connectivity index (χ3n) is 9.48. The van der Waals surface area contributed by atoms with Gasteiger partial charge in [0.25, 0.3) is 0 Å². The monoisotopic (exact) mass is 528 g/mol. The molecule has 4 rings (SSSR count). The van der Waals surface area contributed by atoms with E-state index in [1.54, 1.807) is 6.92 Å². The van der Waals surface area contributed by atoms with Gasteiger partial charge in [0.2, 0.25) is 5.78 Å². The molecule has 0 aromatic heterocycles. The highest BCUT2D eigenvalue weighted by atomic mass is 19.4. The number of fused-ring (bicyclic) bond motifs is 5. The average Bonchev–Trinajstić information content (AvgIpc) is 3.08. The van der Waals surface area contributed by atoms with Gasteiger partial charge in [0.05, 0.1) is 12.4 Å². The summed E-state index contributed by atoms with van der Waals surface area (Å²) >= 11 is 0. The van der Waals surface area contributed by atoms with Crippen molar-refractivity contribution in [2.75, 3.05) is 13.2 Å². The summed E-state index contributed by atoms with van der Waals surface area (Å²) in [6.45, 7) is 6.61. The Morgan fingerprint density at radius 3 is 2.51 bits per heavy atom. The van der Waals surface area contributed by atoms with Gasteiger partial charge in [0.15, 0.2) is 6.61 Å². The van der Waals surface area contributed by atoms with Crippen molar-refractivity contribution in [2.24, 2.45) is 28.6 Å². The van der Waals surface area contributed by atoms with E-state index in [2.05, 4.69) is 6.08 Å². The molecule has 0 amide bonds. The van der Waals surface area contributed by atoms with Gasteiger partial charge in [-0.3, -0.25) is 9.59 Å². The Labute approximate surface area is 214 Å². The molecule has 0 spiro atoms. The lowest BCUT2D eigenvalue weighted by Crippen LogP contribution is -2.62. The molecule has 0 heterocycles. The van der Waals surface area contributed by atoms with Crippen molar-refractivity contribution >= 4 is 17.7 Å². The number of ketones is 1. The predicted molar refractivity (Wildman–Crippen MR) is 125 cm³/mol. The van der Waals surface area contributed by atoms with E-state index in [4.69, 9.17) is 14.2 Å². The maximum absolute atomic E-state index is 13.3. The van der Waals surface area contributed by atoms with Gasteiger partial charge in [-0.1, -0.05) is 19.9 Å². The van der Waals surface area contributed by atoms with Crippen molar-refractivity contribution in [3.8, 4) is 0 Å². The Balaban J connectivity index is 1.75. The number of alkyl halides is 3. The number of hydrogen-bond donors (Lipinski definition) is 1. The Morgan fingerprint density at radius 1 is 1.19 bits per heavy atom. The van der Waals surface area contributed by atoms with E-state index >= 15 is 0 Å². The number of esters is 2. The molecule has 10 heteroatoms. The number of carbonyl (C=O) groups is 3. The van der Waals surface area contributed by atoms with E-state index < -0.39 is 59.0 Å². The number of rotatable bonds is 6. The van der Waals surface area contributed by atoms with Gasteiger partial charge < -0.3 is 19.3 Å². The average molecular weight is 529 g/mol. The molecule has 4 aliphatic rings. The molecule has 0 saturated heterocycles. The standard InChI is InChI=1S/C27H35F3O7/c1-5-35-17-8-10-24(3)16(12-17)6-7-18-19-9-11-26(34,21(32)14-36-15(2)31)25(19,4)13-20(22(18)24)37-23(33)27(28,29)30/h6,12,18-20,22,34H,5,7-11,13-14H2,1-4H3/t18-,19-,20-,22+,24-,25-,26-/m0/s1. The Morgan fingerprint density at radius 2 is 1.89 bits per heavy atom. The molecule has 0 aromatic carbocycles. The number of hydrogen-bond acceptors (Lipinski definition) is 7. The zero-order valence-electron chi connectivity index (χ0n) is 21.7. The van der Waals surface area contributed by atoms with Gasteiger partial charge in [-0.15, -0.1) is 0 Å². The molecule has 7 atom stereocenters. The van der Waals surface area contributed by atoms with Crippen LogP contribution in [0.1, 0.15) is 66.2 Å². The molecule has 0 unspecified atom stereocenters. The van der Waals surface area contributed by atoms with E-state index in [1.807, 2.05) is 19.9 Å². The Hall–Kier alpha value is -2.36. The fourth-order valence-corrected chi connectivity index (χ4v) is 7.76. The normalized spacial score (nSPS) is 38.8. The van der Waals surface area contributed by atoms with Crippen LogP contribution in [0.2, 0.25) is 0 Å². The largest absolute Gasteiger partial charge is 0.498 e. The van der Waals surface area contributed by atoms with E-state index in [-0.39, 0.29) is 24.7 Å². The lowest BCUT2D eigenvalue weighted by Gasteiger charge is -2.60. The predicted octanol–water partition coefficient (Wildman–Crippen LogP) is 4.43. The molecule has 0 aromatic rings. The third-order valence-corrected chi connectivity index (χ3v) is 9.48. The maximum Gasteiger partial charge on any atom is 0.490 e. The molecule has 37 heavy (non-hydrogen) atoms. The number of halogens is 3. The SMILES string of the molecule is CCOC1=CC2=CC[C@@H]3[C@H]([C@@H](OC(=O)C(F)(F)F)C[C@@]4(C)[C@H]3CC[C@]4(O)C(=O)COC(C)=O)[C@@]2(C)CC1. The number of Topliss-reactive ketones (excluding diaryl/α,β-unsaturated/α-hetero) is 1. The van der Waals surface area contributed by atoms with Crippen molar-refractivity contribution in [1.82, 2.24) is 0 Å². The summed E-state index contributed by atoms with van der Waals surface area (Å²) in [5.41, 5.74) is -2.69. The zero-order chi connectivity index (χ0) is 27.4. The molecule has 206 valence electrons. The molecular formula is C27H35F3O7. The second-order valence-electron chi connectivity index (χ2n) is 11.3. The minimum absolute atomic E-state index is 0.0963. The fraction of sp³-hybridized carbons (Fsp3) is 0.741. The number of carbonyl (C=O) groups excluding carboxylic acids is 3. The van der Waals surface area contributed by atoms with Gasteiger partial charge in [-0.2, -0.15) is 13.2 Å². The van der Waals surface area contributed by atoms with Crippen LogP contribution in [0.5, 0.6) is 0 Å².